The van der Waals surface area contributed by atoms with Gasteiger partial charge in [0.2, 0.25) is 0 Å². The molecule has 0 amide bonds. The number of nitrogens with zero attached hydrogens (tertiary/aromatic N) is 1. The second-order valence-corrected chi connectivity index (χ2v) is 5.60. The molecule has 2 unspecified atom stereocenters. The van der Waals surface area contributed by atoms with Gasteiger partial charge >= 0.3 is 6.18 Å². The van der Waals surface area contributed by atoms with E-state index in [2.05, 4.69) is 10.3 Å². The molecule has 0 bridgehead atoms. The summed E-state index contributed by atoms with van der Waals surface area (Å²) in [5.41, 5.74) is 2.05. The van der Waals surface area contributed by atoms with E-state index in [1.165, 1.54) is 0 Å². The fraction of sp³-hybridized carbons (Fsp3) is 0.667. The molecule has 0 saturated heterocycles. The maximum Gasteiger partial charge on any atom is 0.411 e. The number of hydrogen-bond donors (Lipinski definition) is 1. The van der Waals surface area contributed by atoms with Gasteiger partial charge in [0, 0.05) is 24.5 Å². The number of aromatic nitrogens is 1. The summed E-state index contributed by atoms with van der Waals surface area (Å²) < 4.78 is 41.5. The molecule has 1 N–H and O–H groups in total. The minimum Gasteiger partial charge on any atom is -0.369 e. The van der Waals surface area contributed by atoms with Gasteiger partial charge in [-0.05, 0) is 44.2 Å². The van der Waals surface area contributed by atoms with Crippen LogP contribution in [0.4, 0.5) is 13.2 Å². The van der Waals surface area contributed by atoms with Gasteiger partial charge in [-0.2, -0.15) is 13.2 Å². The van der Waals surface area contributed by atoms with Crippen LogP contribution in [0.1, 0.15) is 36.9 Å². The van der Waals surface area contributed by atoms with Gasteiger partial charge in [0.05, 0.1) is 6.10 Å². The maximum atomic E-state index is 12.2. The second kappa shape index (κ2) is 7.22. The summed E-state index contributed by atoms with van der Waals surface area (Å²) in [7, 11) is 0. The molecule has 0 radical (unpaired) electrons. The van der Waals surface area contributed by atoms with Crippen molar-refractivity contribution in [1.82, 2.24) is 10.3 Å². The van der Waals surface area contributed by atoms with Crippen molar-refractivity contribution in [3.63, 3.8) is 0 Å². The van der Waals surface area contributed by atoms with Gasteiger partial charge in [0.1, 0.15) is 6.61 Å². The predicted octanol–water partition coefficient (Wildman–Crippen LogP) is 3.37. The van der Waals surface area contributed by atoms with Gasteiger partial charge in [-0.25, -0.2) is 0 Å². The van der Waals surface area contributed by atoms with Crippen molar-refractivity contribution in [2.45, 2.75) is 57.5 Å². The van der Waals surface area contributed by atoms with Crippen LogP contribution in [0.15, 0.2) is 18.3 Å². The van der Waals surface area contributed by atoms with E-state index in [0.29, 0.717) is 19.4 Å². The zero-order chi connectivity index (χ0) is 15.3. The number of rotatable bonds is 5. The third-order valence-corrected chi connectivity index (χ3v) is 3.68. The Balaban J connectivity index is 1.74. The summed E-state index contributed by atoms with van der Waals surface area (Å²) in [6.07, 6.45) is 0.498. The van der Waals surface area contributed by atoms with Crippen molar-refractivity contribution in [1.29, 1.82) is 0 Å². The molecule has 0 aromatic carbocycles. The Morgan fingerprint density at radius 2 is 2.14 bits per heavy atom. The highest BCUT2D eigenvalue weighted by Gasteiger charge is 2.31. The fourth-order valence-corrected chi connectivity index (χ4v) is 2.56. The molecule has 0 spiro atoms. The van der Waals surface area contributed by atoms with E-state index in [1.54, 1.807) is 0 Å². The normalized spacial score (nSPS) is 23.2. The molecule has 6 heteroatoms. The number of ether oxygens (including phenoxy) is 1. The van der Waals surface area contributed by atoms with Crippen molar-refractivity contribution < 1.29 is 17.9 Å². The molecule has 1 heterocycles. The molecule has 2 atom stereocenters. The first-order valence-corrected chi connectivity index (χ1v) is 7.25. The molecule has 1 aromatic heterocycles. The highest BCUT2D eigenvalue weighted by molar-refractivity contribution is 5.12. The lowest BCUT2D eigenvalue weighted by Gasteiger charge is -2.30. The van der Waals surface area contributed by atoms with Crippen molar-refractivity contribution in [2.24, 2.45) is 0 Å². The van der Waals surface area contributed by atoms with Gasteiger partial charge in [0.25, 0.3) is 0 Å². The number of nitrogens with one attached hydrogen (secondary N) is 1. The van der Waals surface area contributed by atoms with Crippen LogP contribution in [0.5, 0.6) is 0 Å². The van der Waals surface area contributed by atoms with Crippen LogP contribution in [0.2, 0.25) is 0 Å². The number of aryl methyl sites for hydroxylation is 1. The lowest BCUT2D eigenvalue weighted by atomic mass is 9.92. The van der Waals surface area contributed by atoms with E-state index in [0.717, 1.165) is 24.1 Å². The van der Waals surface area contributed by atoms with Crippen molar-refractivity contribution in [2.75, 3.05) is 6.61 Å². The molecule has 21 heavy (non-hydrogen) atoms. The first-order chi connectivity index (χ1) is 9.92. The van der Waals surface area contributed by atoms with Gasteiger partial charge in [-0.15, -0.1) is 0 Å². The number of hydrogen-bond acceptors (Lipinski definition) is 3. The highest BCUT2D eigenvalue weighted by atomic mass is 19.4. The zero-order valence-corrected chi connectivity index (χ0v) is 12.1. The van der Waals surface area contributed by atoms with E-state index in [-0.39, 0.29) is 12.1 Å². The number of alkyl halides is 3. The van der Waals surface area contributed by atoms with Crippen LogP contribution in [0.3, 0.4) is 0 Å². The van der Waals surface area contributed by atoms with Crippen molar-refractivity contribution >= 4 is 0 Å². The standard InChI is InChI=1S/C15H21F3N2O/c1-11-5-6-12(8-19-11)9-20-13-3-2-4-14(7-13)21-10-15(16,17)18/h5-6,8,13-14,20H,2-4,7,9-10H2,1H3. The quantitative estimate of drug-likeness (QED) is 0.905. The third-order valence-electron chi connectivity index (χ3n) is 3.68. The maximum absolute atomic E-state index is 12.2. The SMILES string of the molecule is Cc1ccc(CNC2CCCC(OCC(F)(F)F)C2)cn1. The fourth-order valence-electron chi connectivity index (χ4n) is 2.56. The van der Waals surface area contributed by atoms with Crippen molar-refractivity contribution in [3.05, 3.63) is 29.6 Å². The molecule has 3 nitrogen and oxygen atoms in total. The zero-order valence-electron chi connectivity index (χ0n) is 12.1. The molecule has 1 aromatic rings. The van der Waals surface area contributed by atoms with Gasteiger partial charge < -0.3 is 10.1 Å². The molecular weight excluding hydrogens is 281 g/mol. The monoisotopic (exact) mass is 302 g/mol. The van der Waals surface area contributed by atoms with Crippen LogP contribution >= 0.6 is 0 Å². The average molecular weight is 302 g/mol. The topological polar surface area (TPSA) is 34.1 Å². The molecule has 1 saturated carbocycles. The molecular formula is C15H21F3N2O. The summed E-state index contributed by atoms with van der Waals surface area (Å²) in [5, 5.41) is 3.38. The largest absolute Gasteiger partial charge is 0.411 e. The van der Waals surface area contributed by atoms with Crippen LogP contribution in [-0.2, 0) is 11.3 Å². The Kier molecular flexibility index (Phi) is 5.58. The minimum absolute atomic E-state index is 0.207. The Labute approximate surface area is 122 Å². The van der Waals surface area contributed by atoms with Gasteiger partial charge in [-0.3, -0.25) is 4.98 Å². The lowest BCUT2D eigenvalue weighted by Crippen LogP contribution is -2.37. The summed E-state index contributed by atoms with van der Waals surface area (Å²) >= 11 is 0. The minimum atomic E-state index is -4.24. The van der Waals surface area contributed by atoms with E-state index in [9.17, 15) is 13.2 Å². The summed E-state index contributed by atoms with van der Waals surface area (Å²) in [6.45, 7) is 1.47. The Morgan fingerprint density at radius 1 is 1.33 bits per heavy atom. The molecule has 118 valence electrons. The van der Waals surface area contributed by atoms with Crippen molar-refractivity contribution in [3.8, 4) is 0 Å². The van der Waals surface area contributed by atoms with Crippen LogP contribution in [-0.4, -0.2) is 29.9 Å². The summed E-state index contributed by atoms with van der Waals surface area (Å²) in [5.74, 6) is 0. The van der Waals surface area contributed by atoms with Crippen LogP contribution in [0, 0.1) is 6.92 Å². The second-order valence-electron chi connectivity index (χ2n) is 5.60. The first-order valence-electron chi connectivity index (χ1n) is 7.25. The van der Waals surface area contributed by atoms with Crippen LogP contribution < -0.4 is 5.32 Å². The van der Waals surface area contributed by atoms with Gasteiger partial charge in [-0.1, -0.05) is 6.07 Å². The Hall–Kier alpha value is -1.14. The molecule has 2 rings (SSSR count). The van der Waals surface area contributed by atoms with E-state index >= 15 is 0 Å². The first kappa shape index (κ1) is 16.2. The molecule has 1 aliphatic rings. The Morgan fingerprint density at radius 3 is 2.81 bits per heavy atom. The smallest absolute Gasteiger partial charge is 0.369 e. The predicted molar refractivity (Wildman–Crippen MR) is 73.9 cm³/mol. The lowest BCUT2D eigenvalue weighted by molar-refractivity contribution is -0.188. The average Bonchev–Trinajstić information content (AvgIpc) is 2.44. The highest BCUT2D eigenvalue weighted by Crippen LogP contribution is 2.24. The molecule has 0 aliphatic heterocycles. The molecule has 1 aliphatic carbocycles. The van der Waals surface area contributed by atoms with E-state index in [4.69, 9.17) is 4.74 Å². The number of halogens is 3. The number of pyridine rings is 1. The van der Waals surface area contributed by atoms with Gasteiger partial charge in [0.15, 0.2) is 0 Å². The van der Waals surface area contributed by atoms with E-state index in [1.807, 2.05) is 25.3 Å². The summed E-state index contributed by atoms with van der Waals surface area (Å²) in [6, 6.07) is 4.17. The molecule has 1 fully saturated rings. The van der Waals surface area contributed by atoms with E-state index < -0.39 is 12.8 Å². The summed E-state index contributed by atoms with van der Waals surface area (Å²) in [4.78, 5) is 4.22. The Bertz CT molecular complexity index is 434. The third kappa shape index (κ3) is 6.01. The van der Waals surface area contributed by atoms with Crippen LogP contribution in [0.25, 0.3) is 0 Å².